The fourth-order valence-electron chi connectivity index (χ4n) is 1.90. The van der Waals surface area contributed by atoms with Crippen LogP contribution in [0.25, 0.3) is 11.0 Å². The first-order chi connectivity index (χ1) is 9.67. The summed E-state index contributed by atoms with van der Waals surface area (Å²) in [6.07, 6.45) is -0.986. The van der Waals surface area contributed by atoms with Crippen LogP contribution < -0.4 is 4.74 Å². The van der Waals surface area contributed by atoms with Crippen molar-refractivity contribution < 1.29 is 14.3 Å². The molecule has 0 spiro atoms. The number of furan rings is 1. The maximum atomic E-state index is 10.3. The molecule has 102 valence electrons. The average Bonchev–Trinajstić information content (AvgIpc) is 2.89. The van der Waals surface area contributed by atoms with Crippen LogP contribution in [0, 0.1) is 0 Å². The minimum absolute atomic E-state index is 0.385. The Labute approximate surface area is 119 Å². The van der Waals surface area contributed by atoms with Crippen LogP contribution in [0.1, 0.15) is 17.6 Å². The Bertz CT molecular complexity index is 740. The molecule has 0 bridgehead atoms. The zero-order chi connectivity index (χ0) is 14.1. The van der Waals surface area contributed by atoms with Gasteiger partial charge in [-0.1, -0.05) is 11.6 Å². The molecule has 1 unspecified atom stereocenters. The smallest absolute Gasteiger partial charge is 0.233 e. The Kier molecular flexibility index (Phi) is 3.30. The van der Waals surface area contributed by atoms with E-state index in [0.29, 0.717) is 27.9 Å². The van der Waals surface area contributed by atoms with Crippen molar-refractivity contribution in [3.63, 3.8) is 0 Å². The Morgan fingerprint density at radius 3 is 2.75 bits per heavy atom. The summed E-state index contributed by atoms with van der Waals surface area (Å²) in [4.78, 5) is 0. The molecule has 1 N–H and O–H groups in total. The molecular formula is C14H11ClN2O3. The van der Waals surface area contributed by atoms with Gasteiger partial charge in [-0.2, -0.15) is 0 Å². The zero-order valence-corrected chi connectivity index (χ0v) is 11.3. The fraction of sp³-hybridized carbons (Fsp3) is 0.143. The molecule has 3 rings (SSSR count). The molecule has 3 aromatic rings. The lowest BCUT2D eigenvalue weighted by atomic mass is 10.2. The molecule has 0 radical (unpaired) electrons. The molecule has 20 heavy (non-hydrogen) atoms. The van der Waals surface area contributed by atoms with Crippen LogP contribution in [0.3, 0.4) is 0 Å². The first-order valence-electron chi connectivity index (χ1n) is 5.92. The number of halogens is 1. The molecular weight excluding hydrogens is 280 g/mol. The number of ether oxygens (including phenoxy) is 1. The van der Waals surface area contributed by atoms with Crippen molar-refractivity contribution in [2.75, 3.05) is 7.11 Å². The van der Waals surface area contributed by atoms with Crippen LogP contribution in [-0.2, 0) is 0 Å². The van der Waals surface area contributed by atoms with Gasteiger partial charge in [-0.25, -0.2) is 0 Å². The van der Waals surface area contributed by atoms with E-state index in [9.17, 15) is 5.11 Å². The van der Waals surface area contributed by atoms with Gasteiger partial charge in [-0.3, -0.25) is 0 Å². The van der Waals surface area contributed by atoms with Crippen molar-refractivity contribution in [3.05, 3.63) is 52.9 Å². The van der Waals surface area contributed by atoms with Gasteiger partial charge in [-0.05, 0) is 30.3 Å². The highest BCUT2D eigenvalue weighted by atomic mass is 35.5. The number of hydrogen-bond acceptors (Lipinski definition) is 5. The topological polar surface area (TPSA) is 68.4 Å². The number of benzene rings is 1. The summed E-state index contributed by atoms with van der Waals surface area (Å²) < 4.78 is 10.5. The highest BCUT2D eigenvalue weighted by Crippen LogP contribution is 2.29. The minimum Gasteiger partial charge on any atom is -0.480 e. The maximum absolute atomic E-state index is 10.3. The average molecular weight is 291 g/mol. The Morgan fingerprint density at radius 1 is 1.20 bits per heavy atom. The van der Waals surface area contributed by atoms with Gasteiger partial charge in [0, 0.05) is 16.5 Å². The van der Waals surface area contributed by atoms with E-state index >= 15 is 0 Å². The molecule has 1 atom stereocenters. The molecule has 0 saturated carbocycles. The molecule has 5 nitrogen and oxygen atoms in total. The van der Waals surface area contributed by atoms with Crippen molar-refractivity contribution >= 4 is 22.6 Å². The standard InChI is InChI=1S/C14H11ClN2O3/c1-19-13-5-3-10(16-17-13)14(18)12-7-8-6-9(15)2-4-11(8)20-12/h2-7,14,18H,1H3. The van der Waals surface area contributed by atoms with Crippen molar-refractivity contribution in [2.45, 2.75) is 6.10 Å². The van der Waals surface area contributed by atoms with Gasteiger partial charge in [0.15, 0.2) is 6.10 Å². The van der Waals surface area contributed by atoms with Crippen LogP contribution in [0.5, 0.6) is 5.88 Å². The SMILES string of the molecule is COc1ccc(C(O)c2cc3cc(Cl)ccc3o2)nn1. The number of nitrogens with zero attached hydrogens (tertiary/aromatic N) is 2. The van der Waals surface area contributed by atoms with Gasteiger partial charge in [0.05, 0.1) is 12.8 Å². The van der Waals surface area contributed by atoms with E-state index in [-0.39, 0.29) is 0 Å². The van der Waals surface area contributed by atoms with Gasteiger partial charge < -0.3 is 14.3 Å². The lowest BCUT2D eigenvalue weighted by molar-refractivity contribution is 0.186. The summed E-state index contributed by atoms with van der Waals surface area (Å²) in [5, 5.41) is 19.4. The van der Waals surface area contributed by atoms with E-state index in [4.69, 9.17) is 20.8 Å². The summed E-state index contributed by atoms with van der Waals surface area (Å²) in [6.45, 7) is 0. The molecule has 0 amide bonds. The summed E-state index contributed by atoms with van der Waals surface area (Å²) in [5.41, 5.74) is 1.04. The molecule has 0 aliphatic rings. The largest absolute Gasteiger partial charge is 0.480 e. The minimum atomic E-state index is -0.986. The normalized spacial score (nSPS) is 12.6. The summed E-state index contributed by atoms with van der Waals surface area (Å²) in [5.74, 6) is 0.777. The molecule has 0 aliphatic carbocycles. The van der Waals surface area contributed by atoms with Gasteiger partial charge in [0.25, 0.3) is 0 Å². The van der Waals surface area contributed by atoms with Crippen molar-refractivity contribution in [1.82, 2.24) is 10.2 Å². The first kappa shape index (κ1) is 12.9. The number of aliphatic hydroxyl groups excluding tert-OH is 1. The third-order valence-corrected chi connectivity index (χ3v) is 3.15. The van der Waals surface area contributed by atoms with Crippen molar-refractivity contribution in [2.24, 2.45) is 0 Å². The fourth-order valence-corrected chi connectivity index (χ4v) is 2.08. The molecule has 0 fully saturated rings. The number of aromatic nitrogens is 2. The predicted molar refractivity (Wildman–Crippen MR) is 73.9 cm³/mol. The van der Waals surface area contributed by atoms with E-state index in [0.717, 1.165) is 5.39 Å². The molecule has 2 aromatic heterocycles. The van der Waals surface area contributed by atoms with Gasteiger partial charge in [0.1, 0.15) is 11.3 Å². The predicted octanol–water partition coefficient (Wildman–Crippen LogP) is 2.97. The van der Waals surface area contributed by atoms with Gasteiger partial charge in [0.2, 0.25) is 5.88 Å². The monoisotopic (exact) mass is 290 g/mol. The lowest BCUT2D eigenvalue weighted by Crippen LogP contribution is -2.03. The quantitative estimate of drug-likeness (QED) is 0.803. The second kappa shape index (κ2) is 5.11. The lowest BCUT2D eigenvalue weighted by Gasteiger charge is -2.06. The second-order valence-corrected chi connectivity index (χ2v) is 4.67. The Hall–Kier alpha value is -2.11. The molecule has 1 aromatic carbocycles. The maximum Gasteiger partial charge on any atom is 0.233 e. The summed E-state index contributed by atoms with van der Waals surface area (Å²) in [6, 6.07) is 10.3. The third-order valence-electron chi connectivity index (χ3n) is 2.92. The highest BCUT2D eigenvalue weighted by Gasteiger charge is 2.17. The highest BCUT2D eigenvalue weighted by molar-refractivity contribution is 6.31. The van der Waals surface area contributed by atoms with Crippen molar-refractivity contribution in [1.29, 1.82) is 0 Å². The van der Waals surface area contributed by atoms with Crippen LogP contribution in [0.15, 0.2) is 40.8 Å². The van der Waals surface area contributed by atoms with E-state index < -0.39 is 6.10 Å². The van der Waals surface area contributed by atoms with Crippen molar-refractivity contribution in [3.8, 4) is 5.88 Å². The van der Waals surface area contributed by atoms with E-state index in [2.05, 4.69) is 10.2 Å². The third kappa shape index (κ3) is 2.33. The number of methoxy groups -OCH3 is 1. The molecule has 6 heteroatoms. The van der Waals surface area contributed by atoms with Gasteiger partial charge >= 0.3 is 0 Å². The summed E-state index contributed by atoms with van der Waals surface area (Å²) in [7, 11) is 1.50. The van der Waals surface area contributed by atoms with Crippen LogP contribution in [0.4, 0.5) is 0 Å². The zero-order valence-electron chi connectivity index (χ0n) is 10.6. The van der Waals surface area contributed by atoms with Gasteiger partial charge in [-0.15, -0.1) is 10.2 Å². The Morgan fingerprint density at radius 2 is 2.05 bits per heavy atom. The van der Waals surface area contributed by atoms with E-state index in [1.165, 1.54) is 7.11 Å². The first-order valence-corrected chi connectivity index (χ1v) is 6.30. The van der Waals surface area contributed by atoms with Crippen LogP contribution in [-0.4, -0.2) is 22.4 Å². The van der Waals surface area contributed by atoms with E-state index in [1.54, 1.807) is 36.4 Å². The van der Waals surface area contributed by atoms with Crippen LogP contribution >= 0.6 is 11.6 Å². The molecule has 0 saturated heterocycles. The number of fused-ring (bicyclic) bond motifs is 1. The number of aliphatic hydroxyl groups is 1. The molecule has 0 aliphatic heterocycles. The number of rotatable bonds is 3. The Balaban J connectivity index is 1.96. The summed E-state index contributed by atoms with van der Waals surface area (Å²) >= 11 is 5.92. The number of hydrogen-bond donors (Lipinski definition) is 1. The van der Waals surface area contributed by atoms with E-state index in [1.807, 2.05) is 0 Å². The van der Waals surface area contributed by atoms with Crippen LogP contribution in [0.2, 0.25) is 5.02 Å². The molecule has 2 heterocycles. The second-order valence-electron chi connectivity index (χ2n) is 4.23.